The summed E-state index contributed by atoms with van der Waals surface area (Å²) < 4.78 is 0. The second-order valence-corrected chi connectivity index (χ2v) is 6.84. The first-order valence-corrected chi connectivity index (χ1v) is 7.51. The summed E-state index contributed by atoms with van der Waals surface area (Å²) >= 11 is 14.6. The van der Waals surface area contributed by atoms with Crippen LogP contribution in [-0.2, 0) is 0 Å². The normalized spacial score (nSPS) is 12.8. The van der Waals surface area contributed by atoms with Crippen LogP contribution in [0.15, 0.2) is 18.2 Å². The third kappa shape index (κ3) is 2.59. The van der Waals surface area contributed by atoms with Crippen LogP contribution in [0.1, 0.15) is 37.4 Å². The van der Waals surface area contributed by atoms with Crippen LogP contribution in [0.5, 0.6) is 0 Å². The van der Waals surface area contributed by atoms with E-state index in [1.54, 1.807) is 11.3 Å². The van der Waals surface area contributed by atoms with E-state index in [1.807, 2.05) is 6.07 Å². The van der Waals surface area contributed by atoms with Crippen LogP contribution in [0.4, 0.5) is 0 Å². The summed E-state index contributed by atoms with van der Waals surface area (Å²) in [5.74, 6) is 0. The molecule has 0 fully saturated rings. The zero-order valence-corrected chi connectivity index (χ0v) is 13.3. The van der Waals surface area contributed by atoms with Gasteiger partial charge in [-0.25, -0.2) is 0 Å². The van der Waals surface area contributed by atoms with E-state index in [2.05, 4.69) is 39.8 Å². The van der Waals surface area contributed by atoms with Gasteiger partial charge >= 0.3 is 0 Å². The molecule has 0 nitrogen and oxygen atoms in total. The topological polar surface area (TPSA) is 0 Å². The number of aryl methyl sites for hydroxylation is 4. The van der Waals surface area contributed by atoms with E-state index in [0.29, 0.717) is 0 Å². The molecular weight excluding hydrogens is 283 g/mol. The first-order valence-electron chi connectivity index (χ1n) is 5.87. The fourth-order valence-electron chi connectivity index (χ4n) is 1.88. The molecule has 0 N–H and O–H groups in total. The molecule has 18 heavy (non-hydrogen) atoms. The van der Waals surface area contributed by atoms with E-state index >= 15 is 0 Å². The van der Waals surface area contributed by atoms with E-state index in [1.165, 1.54) is 21.6 Å². The zero-order chi connectivity index (χ0) is 13.4. The second-order valence-electron chi connectivity index (χ2n) is 4.71. The zero-order valence-electron chi connectivity index (χ0n) is 11.0. The van der Waals surface area contributed by atoms with Crippen LogP contribution in [0.25, 0.3) is 0 Å². The van der Waals surface area contributed by atoms with Gasteiger partial charge in [-0.3, -0.25) is 0 Å². The van der Waals surface area contributed by atoms with E-state index < -0.39 is 0 Å². The first-order chi connectivity index (χ1) is 8.40. The number of alkyl halides is 1. The molecule has 2 rings (SSSR count). The molecule has 0 radical (unpaired) electrons. The van der Waals surface area contributed by atoms with Crippen molar-refractivity contribution < 1.29 is 0 Å². The maximum Gasteiger partial charge on any atom is 0.0942 e. The van der Waals surface area contributed by atoms with Crippen LogP contribution in [-0.4, -0.2) is 0 Å². The third-order valence-corrected chi connectivity index (χ3v) is 5.47. The molecule has 0 saturated carbocycles. The third-order valence-electron chi connectivity index (χ3n) is 3.32. The van der Waals surface area contributed by atoms with Gasteiger partial charge in [-0.1, -0.05) is 17.7 Å². The van der Waals surface area contributed by atoms with Gasteiger partial charge in [-0.15, -0.1) is 22.9 Å². The van der Waals surface area contributed by atoms with Crippen LogP contribution in [0.3, 0.4) is 0 Å². The molecule has 3 heteroatoms. The minimum atomic E-state index is -0.158. The minimum Gasteiger partial charge on any atom is -0.143 e. The van der Waals surface area contributed by atoms with Crippen molar-refractivity contribution in [3.05, 3.63) is 55.2 Å². The van der Waals surface area contributed by atoms with E-state index in [9.17, 15) is 0 Å². The minimum absolute atomic E-state index is 0.158. The Morgan fingerprint density at radius 1 is 0.944 bits per heavy atom. The molecule has 1 aromatic carbocycles. The highest BCUT2D eigenvalue weighted by Crippen LogP contribution is 2.39. The van der Waals surface area contributed by atoms with Gasteiger partial charge < -0.3 is 0 Å². The van der Waals surface area contributed by atoms with Gasteiger partial charge in [0.2, 0.25) is 0 Å². The molecule has 2 aromatic rings. The average molecular weight is 299 g/mol. The predicted molar refractivity (Wildman–Crippen MR) is 82.4 cm³/mol. The maximum absolute atomic E-state index is 6.57. The number of hydrogen-bond acceptors (Lipinski definition) is 1. The number of rotatable bonds is 2. The van der Waals surface area contributed by atoms with Crippen LogP contribution < -0.4 is 0 Å². The molecule has 0 spiro atoms. The van der Waals surface area contributed by atoms with Crippen LogP contribution in [0.2, 0.25) is 5.02 Å². The highest BCUT2D eigenvalue weighted by Gasteiger charge is 2.18. The van der Waals surface area contributed by atoms with Crippen molar-refractivity contribution in [2.75, 3.05) is 0 Å². The summed E-state index contributed by atoms with van der Waals surface area (Å²) in [6.07, 6.45) is 0. The summed E-state index contributed by atoms with van der Waals surface area (Å²) in [4.78, 5) is 2.48. The maximum atomic E-state index is 6.57. The van der Waals surface area contributed by atoms with Crippen molar-refractivity contribution in [3.63, 3.8) is 0 Å². The average Bonchev–Trinajstić information content (AvgIpc) is 2.63. The van der Waals surface area contributed by atoms with Gasteiger partial charge in [0.1, 0.15) is 0 Å². The van der Waals surface area contributed by atoms with E-state index in [0.717, 1.165) is 15.5 Å². The molecule has 1 aromatic heterocycles. The Morgan fingerprint density at radius 2 is 1.56 bits per heavy atom. The van der Waals surface area contributed by atoms with Gasteiger partial charge in [0.15, 0.2) is 0 Å². The summed E-state index contributed by atoms with van der Waals surface area (Å²) in [5.41, 5.74) is 4.72. The van der Waals surface area contributed by atoms with Gasteiger partial charge in [-0.05, 0) is 62.1 Å². The lowest BCUT2D eigenvalue weighted by atomic mass is 10.0. The van der Waals surface area contributed by atoms with E-state index in [4.69, 9.17) is 23.2 Å². The molecule has 0 aliphatic carbocycles. The Morgan fingerprint density at radius 3 is 2.11 bits per heavy atom. The standard InChI is InChI=1S/C15H16Cl2S/c1-8-5-12(13(16)6-9(8)2)15(17)14-7-10(3)11(4)18-14/h5-7,15H,1-4H3. The molecule has 1 unspecified atom stereocenters. The molecule has 1 atom stereocenters. The summed E-state index contributed by atoms with van der Waals surface area (Å²) in [5, 5.41) is 0.594. The fourth-order valence-corrected chi connectivity index (χ4v) is 3.68. The lowest BCUT2D eigenvalue weighted by Crippen LogP contribution is -1.94. The lowest BCUT2D eigenvalue weighted by molar-refractivity contribution is 1.16. The Kier molecular flexibility index (Phi) is 4.05. The molecule has 0 bridgehead atoms. The molecule has 1 heterocycles. The summed E-state index contributed by atoms with van der Waals surface area (Å²) in [6, 6.07) is 6.25. The first kappa shape index (κ1) is 13.9. The molecule has 96 valence electrons. The quantitative estimate of drug-likeness (QED) is 0.600. The molecular formula is C15H16Cl2S. The Hall–Kier alpha value is -0.500. The highest BCUT2D eigenvalue weighted by molar-refractivity contribution is 7.12. The summed E-state index contributed by atoms with van der Waals surface area (Å²) in [6.45, 7) is 8.38. The van der Waals surface area contributed by atoms with Crippen LogP contribution >= 0.6 is 34.5 Å². The van der Waals surface area contributed by atoms with E-state index in [-0.39, 0.29) is 5.38 Å². The molecule has 0 amide bonds. The Bertz CT molecular complexity index is 565. The smallest absolute Gasteiger partial charge is 0.0942 e. The number of halogens is 2. The van der Waals surface area contributed by atoms with Gasteiger partial charge in [0.05, 0.1) is 5.38 Å². The van der Waals surface area contributed by atoms with Gasteiger partial charge in [-0.2, -0.15) is 0 Å². The molecule has 0 aliphatic heterocycles. The second kappa shape index (κ2) is 5.24. The molecule has 0 aliphatic rings. The predicted octanol–water partition coefficient (Wildman–Crippen LogP) is 5.96. The van der Waals surface area contributed by atoms with Crippen molar-refractivity contribution in [3.8, 4) is 0 Å². The number of benzene rings is 1. The number of hydrogen-bond donors (Lipinski definition) is 0. The van der Waals surface area contributed by atoms with Crippen molar-refractivity contribution >= 4 is 34.5 Å². The fraction of sp³-hybridized carbons (Fsp3) is 0.333. The largest absolute Gasteiger partial charge is 0.143 e. The monoisotopic (exact) mass is 298 g/mol. The van der Waals surface area contributed by atoms with Crippen molar-refractivity contribution in [2.45, 2.75) is 33.1 Å². The van der Waals surface area contributed by atoms with Crippen LogP contribution in [0, 0.1) is 27.7 Å². The lowest BCUT2D eigenvalue weighted by Gasteiger charge is -2.12. The summed E-state index contributed by atoms with van der Waals surface area (Å²) in [7, 11) is 0. The van der Waals surface area contributed by atoms with Gasteiger partial charge in [0, 0.05) is 14.8 Å². The number of thiophene rings is 1. The SMILES string of the molecule is Cc1cc(Cl)c(C(Cl)c2cc(C)c(C)s2)cc1C. The Balaban J connectivity index is 2.45. The van der Waals surface area contributed by atoms with Crippen molar-refractivity contribution in [1.29, 1.82) is 0 Å². The van der Waals surface area contributed by atoms with Gasteiger partial charge in [0.25, 0.3) is 0 Å². The Labute approximate surface area is 123 Å². The molecule has 0 saturated heterocycles. The highest BCUT2D eigenvalue weighted by atomic mass is 35.5. The van der Waals surface area contributed by atoms with Crippen molar-refractivity contribution in [1.82, 2.24) is 0 Å². The van der Waals surface area contributed by atoms with Crippen molar-refractivity contribution in [2.24, 2.45) is 0 Å².